The summed E-state index contributed by atoms with van der Waals surface area (Å²) in [6.45, 7) is 2.80. The molecule has 2 heteroatoms. The Kier molecular flexibility index (Phi) is 3.38. The van der Waals surface area contributed by atoms with Gasteiger partial charge in [-0.25, -0.2) is 0 Å². The topological polar surface area (TPSA) is 21.6 Å². The third-order valence-corrected chi connectivity index (χ3v) is 2.89. The van der Waals surface area contributed by atoms with Crippen LogP contribution in [-0.4, -0.2) is 5.71 Å². The molecule has 0 spiro atoms. The summed E-state index contributed by atoms with van der Waals surface area (Å²) in [6, 6.07) is 10.2. The van der Waals surface area contributed by atoms with Crippen molar-refractivity contribution in [1.29, 1.82) is 0 Å². The number of oxime groups is 1. The predicted molar refractivity (Wildman–Crippen MR) is 61.7 cm³/mol. The molecule has 1 aliphatic rings. The average molecular weight is 203 g/mol. The lowest BCUT2D eigenvalue weighted by atomic mass is 10.1. The van der Waals surface area contributed by atoms with Gasteiger partial charge in [-0.2, -0.15) is 0 Å². The van der Waals surface area contributed by atoms with Gasteiger partial charge in [0, 0.05) is 0 Å². The third-order valence-electron chi connectivity index (χ3n) is 2.89. The number of hydrogen-bond acceptors (Lipinski definition) is 2. The fourth-order valence-electron chi connectivity index (χ4n) is 1.90. The highest BCUT2D eigenvalue weighted by Gasteiger charge is 2.18. The number of rotatable bonds is 3. The van der Waals surface area contributed by atoms with Gasteiger partial charge in [0.15, 0.2) is 0 Å². The second-order valence-electron chi connectivity index (χ2n) is 4.13. The number of nitrogens with zero attached hydrogens (tertiary/aromatic N) is 1. The Morgan fingerprint density at radius 1 is 1.33 bits per heavy atom. The summed E-state index contributed by atoms with van der Waals surface area (Å²) in [4.78, 5) is 5.36. The van der Waals surface area contributed by atoms with E-state index in [1.165, 1.54) is 24.1 Å². The second kappa shape index (κ2) is 4.96. The zero-order valence-electron chi connectivity index (χ0n) is 9.15. The van der Waals surface area contributed by atoms with Crippen LogP contribution in [-0.2, 0) is 11.4 Å². The Morgan fingerprint density at radius 3 is 2.80 bits per heavy atom. The fourth-order valence-corrected chi connectivity index (χ4v) is 1.90. The Balaban J connectivity index is 1.84. The molecule has 1 fully saturated rings. The summed E-state index contributed by atoms with van der Waals surface area (Å²) in [5, 5.41) is 4.22. The molecular formula is C13H17NO. The molecule has 0 saturated heterocycles. The smallest absolute Gasteiger partial charge is 0.142 e. The van der Waals surface area contributed by atoms with Crippen molar-refractivity contribution in [2.45, 2.75) is 32.8 Å². The highest BCUT2D eigenvalue weighted by molar-refractivity contribution is 5.87. The van der Waals surface area contributed by atoms with Gasteiger partial charge in [-0.15, -0.1) is 0 Å². The van der Waals surface area contributed by atoms with Crippen molar-refractivity contribution in [3.05, 3.63) is 35.9 Å². The molecule has 1 aliphatic carbocycles. The molecule has 0 N–H and O–H groups in total. The van der Waals surface area contributed by atoms with Gasteiger partial charge in [-0.3, -0.25) is 0 Å². The van der Waals surface area contributed by atoms with E-state index in [0.29, 0.717) is 12.5 Å². The SMILES string of the molecule is CC1CCC/C1=N\OCc1ccccc1. The van der Waals surface area contributed by atoms with E-state index in [9.17, 15) is 0 Å². The molecule has 2 nitrogen and oxygen atoms in total. The van der Waals surface area contributed by atoms with Crippen LogP contribution in [0, 0.1) is 5.92 Å². The van der Waals surface area contributed by atoms with Gasteiger partial charge in [0.2, 0.25) is 0 Å². The van der Waals surface area contributed by atoms with E-state index in [1.54, 1.807) is 0 Å². The summed E-state index contributed by atoms with van der Waals surface area (Å²) < 4.78 is 0. The van der Waals surface area contributed by atoms with E-state index >= 15 is 0 Å². The molecule has 1 aromatic carbocycles. The zero-order valence-corrected chi connectivity index (χ0v) is 9.15. The van der Waals surface area contributed by atoms with Gasteiger partial charge in [0.25, 0.3) is 0 Å². The summed E-state index contributed by atoms with van der Waals surface area (Å²) in [7, 11) is 0. The lowest BCUT2D eigenvalue weighted by Gasteiger charge is -2.04. The first-order valence-electron chi connectivity index (χ1n) is 5.59. The van der Waals surface area contributed by atoms with Crippen LogP contribution >= 0.6 is 0 Å². The Hall–Kier alpha value is -1.31. The van der Waals surface area contributed by atoms with Crippen LogP contribution in [0.15, 0.2) is 35.5 Å². The van der Waals surface area contributed by atoms with Crippen LogP contribution in [0.1, 0.15) is 31.7 Å². The van der Waals surface area contributed by atoms with Crippen molar-refractivity contribution in [1.82, 2.24) is 0 Å². The molecule has 1 unspecified atom stereocenters. The Morgan fingerprint density at radius 2 is 2.13 bits per heavy atom. The molecule has 0 amide bonds. The molecule has 0 aliphatic heterocycles. The van der Waals surface area contributed by atoms with E-state index < -0.39 is 0 Å². The molecule has 0 bridgehead atoms. The lowest BCUT2D eigenvalue weighted by molar-refractivity contribution is 0.129. The highest BCUT2D eigenvalue weighted by Crippen LogP contribution is 2.22. The van der Waals surface area contributed by atoms with Gasteiger partial charge >= 0.3 is 0 Å². The summed E-state index contributed by atoms with van der Waals surface area (Å²) in [5.41, 5.74) is 2.40. The van der Waals surface area contributed by atoms with Crippen molar-refractivity contribution >= 4 is 5.71 Å². The molecule has 80 valence electrons. The maximum absolute atomic E-state index is 5.36. The van der Waals surface area contributed by atoms with E-state index in [2.05, 4.69) is 24.2 Å². The molecule has 2 rings (SSSR count). The predicted octanol–water partition coefficient (Wildman–Crippen LogP) is 3.38. The molecule has 15 heavy (non-hydrogen) atoms. The molecule has 0 radical (unpaired) electrons. The first-order chi connectivity index (χ1) is 7.36. The van der Waals surface area contributed by atoms with E-state index in [0.717, 1.165) is 6.42 Å². The number of hydrogen-bond donors (Lipinski definition) is 0. The number of benzene rings is 1. The standard InChI is InChI=1S/C13H17NO/c1-11-6-5-9-13(11)14-15-10-12-7-3-2-4-8-12/h2-4,7-8,11H,5-6,9-10H2,1H3/b14-13+. The van der Waals surface area contributed by atoms with Crippen molar-refractivity contribution in [2.24, 2.45) is 11.1 Å². The lowest BCUT2D eigenvalue weighted by Crippen LogP contribution is -2.02. The van der Waals surface area contributed by atoms with Crippen LogP contribution in [0.25, 0.3) is 0 Å². The quantitative estimate of drug-likeness (QED) is 0.690. The van der Waals surface area contributed by atoms with Gasteiger partial charge in [-0.05, 0) is 30.7 Å². The van der Waals surface area contributed by atoms with Gasteiger partial charge in [0.05, 0.1) is 5.71 Å². The molecule has 0 heterocycles. The summed E-state index contributed by atoms with van der Waals surface area (Å²) in [5.74, 6) is 0.612. The van der Waals surface area contributed by atoms with Crippen LogP contribution in [0.5, 0.6) is 0 Å². The first kappa shape index (κ1) is 10.2. The van der Waals surface area contributed by atoms with Crippen LogP contribution in [0.2, 0.25) is 0 Å². The monoisotopic (exact) mass is 203 g/mol. The average Bonchev–Trinajstić information content (AvgIpc) is 2.66. The minimum atomic E-state index is 0.580. The van der Waals surface area contributed by atoms with Crippen molar-refractivity contribution in [3.63, 3.8) is 0 Å². The molecule has 1 saturated carbocycles. The van der Waals surface area contributed by atoms with Gasteiger partial charge in [-0.1, -0.05) is 42.4 Å². The molecule has 1 aromatic rings. The Labute approximate surface area is 90.9 Å². The van der Waals surface area contributed by atoms with E-state index in [-0.39, 0.29) is 0 Å². The zero-order chi connectivity index (χ0) is 10.5. The fraction of sp³-hybridized carbons (Fsp3) is 0.462. The first-order valence-corrected chi connectivity index (χ1v) is 5.59. The van der Waals surface area contributed by atoms with Gasteiger partial charge in [0.1, 0.15) is 6.61 Å². The minimum Gasteiger partial charge on any atom is -0.391 e. The summed E-state index contributed by atoms with van der Waals surface area (Å²) >= 11 is 0. The third kappa shape index (κ3) is 2.82. The molecular weight excluding hydrogens is 186 g/mol. The normalized spacial score (nSPS) is 23.3. The Bertz CT molecular complexity index is 332. The van der Waals surface area contributed by atoms with Gasteiger partial charge < -0.3 is 4.84 Å². The second-order valence-corrected chi connectivity index (χ2v) is 4.13. The van der Waals surface area contributed by atoms with Crippen LogP contribution in [0.4, 0.5) is 0 Å². The summed E-state index contributed by atoms with van der Waals surface area (Å²) in [6.07, 6.45) is 3.62. The van der Waals surface area contributed by atoms with Crippen molar-refractivity contribution in [2.75, 3.05) is 0 Å². The largest absolute Gasteiger partial charge is 0.391 e. The highest BCUT2D eigenvalue weighted by atomic mass is 16.6. The van der Waals surface area contributed by atoms with Crippen molar-refractivity contribution in [3.8, 4) is 0 Å². The van der Waals surface area contributed by atoms with E-state index in [1.807, 2.05) is 18.2 Å². The van der Waals surface area contributed by atoms with E-state index in [4.69, 9.17) is 4.84 Å². The van der Waals surface area contributed by atoms with Crippen LogP contribution in [0.3, 0.4) is 0 Å². The molecule has 1 atom stereocenters. The maximum atomic E-state index is 5.36. The maximum Gasteiger partial charge on any atom is 0.142 e. The van der Waals surface area contributed by atoms with Crippen LogP contribution < -0.4 is 0 Å². The molecule has 0 aromatic heterocycles. The minimum absolute atomic E-state index is 0.580. The van der Waals surface area contributed by atoms with Crippen molar-refractivity contribution < 1.29 is 4.84 Å².